The fourth-order valence-corrected chi connectivity index (χ4v) is 1.40. The standard InChI is InChI=1S/C12H14N4O2/c1-8(6-13)11(17)15-10-4-2-3-9(5-10)12-16-14-7-18-12/h2-5,7-8H,6,13H2,1H3,(H,15,17). The first-order chi connectivity index (χ1) is 8.70. The number of anilines is 1. The third-order valence-electron chi connectivity index (χ3n) is 2.54. The summed E-state index contributed by atoms with van der Waals surface area (Å²) in [5.74, 6) is 0.0789. The van der Waals surface area contributed by atoms with E-state index in [0.29, 0.717) is 18.1 Å². The van der Waals surface area contributed by atoms with Crippen LogP contribution in [-0.4, -0.2) is 22.6 Å². The highest BCUT2D eigenvalue weighted by atomic mass is 16.4. The molecule has 1 atom stereocenters. The van der Waals surface area contributed by atoms with Crippen molar-refractivity contribution < 1.29 is 9.21 Å². The average molecular weight is 246 g/mol. The third-order valence-corrected chi connectivity index (χ3v) is 2.54. The van der Waals surface area contributed by atoms with E-state index in [2.05, 4.69) is 15.5 Å². The van der Waals surface area contributed by atoms with E-state index in [0.717, 1.165) is 5.56 Å². The molecule has 6 nitrogen and oxygen atoms in total. The van der Waals surface area contributed by atoms with E-state index in [1.807, 2.05) is 12.1 Å². The van der Waals surface area contributed by atoms with Crippen LogP contribution in [0.5, 0.6) is 0 Å². The zero-order valence-electron chi connectivity index (χ0n) is 9.96. The SMILES string of the molecule is CC(CN)C(=O)Nc1cccc(-c2nnco2)c1. The molecule has 0 bridgehead atoms. The van der Waals surface area contributed by atoms with Gasteiger partial charge in [-0.3, -0.25) is 4.79 Å². The van der Waals surface area contributed by atoms with Crippen molar-refractivity contribution in [1.82, 2.24) is 10.2 Å². The van der Waals surface area contributed by atoms with Crippen molar-refractivity contribution in [2.24, 2.45) is 11.7 Å². The van der Waals surface area contributed by atoms with Gasteiger partial charge in [0.15, 0.2) is 0 Å². The van der Waals surface area contributed by atoms with Gasteiger partial charge in [-0.15, -0.1) is 10.2 Å². The van der Waals surface area contributed by atoms with E-state index in [-0.39, 0.29) is 11.8 Å². The van der Waals surface area contributed by atoms with Gasteiger partial charge in [0.25, 0.3) is 0 Å². The van der Waals surface area contributed by atoms with Crippen LogP contribution in [0.2, 0.25) is 0 Å². The zero-order valence-corrected chi connectivity index (χ0v) is 9.96. The molecule has 0 spiro atoms. The van der Waals surface area contributed by atoms with Crippen LogP contribution in [0, 0.1) is 5.92 Å². The summed E-state index contributed by atoms with van der Waals surface area (Å²) < 4.78 is 5.09. The molecule has 0 aliphatic carbocycles. The summed E-state index contributed by atoms with van der Waals surface area (Å²) in [7, 11) is 0. The van der Waals surface area contributed by atoms with E-state index in [4.69, 9.17) is 10.2 Å². The molecule has 3 N–H and O–H groups in total. The molecule has 6 heteroatoms. The summed E-state index contributed by atoms with van der Waals surface area (Å²) in [5, 5.41) is 10.2. The van der Waals surface area contributed by atoms with Crippen molar-refractivity contribution >= 4 is 11.6 Å². The Morgan fingerprint density at radius 1 is 1.56 bits per heavy atom. The summed E-state index contributed by atoms with van der Waals surface area (Å²) in [4.78, 5) is 11.7. The maximum Gasteiger partial charge on any atom is 0.247 e. The number of hydrogen-bond acceptors (Lipinski definition) is 5. The topological polar surface area (TPSA) is 94.0 Å². The van der Waals surface area contributed by atoms with Crippen molar-refractivity contribution in [1.29, 1.82) is 0 Å². The fraction of sp³-hybridized carbons (Fsp3) is 0.250. The second kappa shape index (κ2) is 5.42. The molecule has 0 saturated carbocycles. The molecule has 2 aromatic rings. The minimum absolute atomic E-state index is 0.111. The minimum Gasteiger partial charge on any atom is -0.423 e. The molecule has 94 valence electrons. The predicted octanol–water partition coefficient (Wildman–Crippen LogP) is 1.27. The molecule has 0 radical (unpaired) electrons. The van der Waals surface area contributed by atoms with Gasteiger partial charge in [0.05, 0.1) is 0 Å². The molecule has 1 aromatic heterocycles. The van der Waals surface area contributed by atoms with Crippen molar-refractivity contribution in [2.75, 3.05) is 11.9 Å². The van der Waals surface area contributed by atoms with Crippen LogP contribution in [-0.2, 0) is 4.79 Å². The van der Waals surface area contributed by atoms with Gasteiger partial charge in [-0.25, -0.2) is 0 Å². The normalized spacial score (nSPS) is 12.1. The van der Waals surface area contributed by atoms with Crippen LogP contribution in [0.3, 0.4) is 0 Å². The van der Waals surface area contributed by atoms with E-state index >= 15 is 0 Å². The Morgan fingerprint density at radius 3 is 3.06 bits per heavy atom. The Labute approximate surface area is 104 Å². The maximum atomic E-state index is 11.7. The number of nitrogens with one attached hydrogen (secondary N) is 1. The van der Waals surface area contributed by atoms with E-state index in [9.17, 15) is 4.79 Å². The molecule has 0 fully saturated rings. The number of amides is 1. The van der Waals surface area contributed by atoms with Crippen molar-refractivity contribution in [3.63, 3.8) is 0 Å². The van der Waals surface area contributed by atoms with Crippen LogP contribution in [0.4, 0.5) is 5.69 Å². The average Bonchev–Trinajstić information content (AvgIpc) is 2.92. The number of hydrogen-bond donors (Lipinski definition) is 2. The first-order valence-electron chi connectivity index (χ1n) is 5.58. The lowest BCUT2D eigenvalue weighted by Gasteiger charge is -2.10. The van der Waals surface area contributed by atoms with Gasteiger partial charge in [0, 0.05) is 23.7 Å². The number of aromatic nitrogens is 2. The van der Waals surface area contributed by atoms with Gasteiger partial charge in [0.1, 0.15) is 0 Å². The molecule has 0 aliphatic rings. The highest BCUT2D eigenvalue weighted by molar-refractivity contribution is 5.92. The lowest BCUT2D eigenvalue weighted by molar-refractivity contribution is -0.119. The highest BCUT2D eigenvalue weighted by Crippen LogP contribution is 2.20. The molecule has 1 amide bonds. The molecular formula is C12H14N4O2. The lowest BCUT2D eigenvalue weighted by Crippen LogP contribution is -2.26. The van der Waals surface area contributed by atoms with Gasteiger partial charge in [-0.2, -0.15) is 0 Å². The molecular weight excluding hydrogens is 232 g/mol. The third kappa shape index (κ3) is 2.72. The quantitative estimate of drug-likeness (QED) is 0.847. The van der Waals surface area contributed by atoms with Gasteiger partial charge in [0.2, 0.25) is 18.2 Å². The number of nitrogens with two attached hydrogens (primary N) is 1. The molecule has 1 heterocycles. The summed E-state index contributed by atoms with van der Waals surface area (Å²) in [6.07, 6.45) is 1.26. The lowest BCUT2D eigenvalue weighted by atomic mass is 10.1. The van der Waals surface area contributed by atoms with Gasteiger partial charge >= 0.3 is 0 Å². The van der Waals surface area contributed by atoms with Crippen molar-refractivity contribution in [3.05, 3.63) is 30.7 Å². The van der Waals surface area contributed by atoms with Gasteiger partial charge in [-0.05, 0) is 18.2 Å². The Kier molecular flexibility index (Phi) is 3.69. The molecule has 1 unspecified atom stereocenters. The minimum atomic E-state index is -0.225. The number of rotatable bonds is 4. The molecule has 0 aliphatic heterocycles. The molecule has 1 aromatic carbocycles. The molecule has 18 heavy (non-hydrogen) atoms. The maximum absolute atomic E-state index is 11.7. The number of benzene rings is 1. The number of nitrogens with zero attached hydrogens (tertiary/aromatic N) is 2. The first kappa shape index (κ1) is 12.3. The van der Waals surface area contributed by atoms with Crippen LogP contribution >= 0.6 is 0 Å². The highest BCUT2D eigenvalue weighted by Gasteiger charge is 2.11. The first-order valence-corrected chi connectivity index (χ1v) is 5.58. The summed E-state index contributed by atoms with van der Waals surface area (Å²) in [6.45, 7) is 2.09. The Bertz CT molecular complexity index is 525. The summed E-state index contributed by atoms with van der Waals surface area (Å²) in [5.41, 5.74) is 6.87. The monoisotopic (exact) mass is 246 g/mol. The summed E-state index contributed by atoms with van der Waals surface area (Å²) >= 11 is 0. The smallest absolute Gasteiger partial charge is 0.247 e. The van der Waals surface area contributed by atoms with Gasteiger partial charge in [-0.1, -0.05) is 13.0 Å². The van der Waals surface area contributed by atoms with Gasteiger partial charge < -0.3 is 15.5 Å². The fourth-order valence-electron chi connectivity index (χ4n) is 1.40. The van der Waals surface area contributed by atoms with Crippen molar-refractivity contribution in [2.45, 2.75) is 6.92 Å². The predicted molar refractivity (Wildman–Crippen MR) is 66.6 cm³/mol. The summed E-state index contributed by atoms with van der Waals surface area (Å²) in [6, 6.07) is 7.20. The van der Waals surface area contributed by atoms with Crippen LogP contribution in [0.15, 0.2) is 35.1 Å². The Balaban J connectivity index is 2.16. The Hall–Kier alpha value is -2.21. The number of carbonyl (C=O) groups is 1. The Morgan fingerprint density at radius 2 is 2.39 bits per heavy atom. The van der Waals surface area contributed by atoms with E-state index in [1.165, 1.54) is 6.39 Å². The largest absolute Gasteiger partial charge is 0.423 e. The molecule has 2 rings (SSSR count). The van der Waals surface area contributed by atoms with Crippen LogP contribution in [0.1, 0.15) is 6.92 Å². The number of carbonyl (C=O) groups excluding carboxylic acids is 1. The van der Waals surface area contributed by atoms with E-state index in [1.54, 1.807) is 19.1 Å². The second-order valence-electron chi connectivity index (χ2n) is 3.95. The van der Waals surface area contributed by atoms with E-state index < -0.39 is 0 Å². The second-order valence-corrected chi connectivity index (χ2v) is 3.95. The van der Waals surface area contributed by atoms with Crippen LogP contribution < -0.4 is 11.1 Å². The van der Waals surface area contributed by atoms with Crippen molar-refractivity contribution in [3.8, 4) is 11.5 Å². The molecule has 0 saturated heterocycles. The van der Waals surface area contributed by atoms with Crippen LogP contribution in [0.25, 0.3) is 11.5 Å². The zero-order chi connectivity index (χ0) is 13.0.